The maximum atomic E-state index is 6.03. The van der Waals surface area contributed by atoms with Gasteiger partial charge in [-0.1, -0.05) is 42.1 Å². The Morgan fingerprint density at radius 1 is 1.29 bits per heavy atom. The van der Waals surface area contributed by atoms with Crippen LogP contribution in [0.2, 0.25) is 0 Å². The minimum Gasteiger partial charge on any atom is -0.440 e. The molecule has 4 heteroatoms. The molecule has 0 aliphatic rings. The van der Waals surface area contributed by atoms with Gasteiger partial charge in [0, 0.05) is 6.04 Å². The van der Waals surface area contributed by atoms with E-state index in [1.54, 1.807) is 18.0 Å². The predicted molar refractivity (Wildman–Crippen MR) is 69.9 cm³/mol. The van der Waals surface area contributed by atoms with E-state index in [1.807, 2.05) is 32.0 Å². The van der Waals surface area contributed by atoms with Gasteiger partial charge in [0.15, 0.2) is 0 Å². The summed E-state index contributed by atoms with van der Waals surface area (Å²) >= 11 is 1.57. The first kappa shape index (κ1) is 12.2. The predicted octanol–water partition coefficient (Wildman–Crippen LogP) is 3.16. The average Bonchev–Trinajstić information content (AvgIpc) is 2.73. The van der Waals surface area contributed by atoms with Crippen LogP contribution in [0.15, 0.2) is 46.2 Å². The van der Waals surface area contributed by atoms with Crippen molar-refractivity contribution in [3.05, 3.63) is 47.9 Å². The van der Waals surface area contributed by atoms with Gasteiger partial charge < -0.3 is 10.2 Å². The Kier molecular flexibility index (Phi) is 3.86. The van der Waals surface area contributed by atoms with Gasteiger partial charge in [0.1, 0.15) is 6.26 Å². The molecule has 0 radical (unpaired) electrons. The van der Waals surface area contributed by atoms with Gasteiger partial charge in [-0.15, -0.1) is 0 Å². The molecule has 0 bridgehead atoms. The summed E-state index contributed by atoms with van der Waals surface area (Å²) in [5.41, 5.74) is 8.12. The van der Waals surface area contributed by atoms with Crippen molar-refractivity contribution in [3.8, 4) is 0 Å². The van der Waals surface area contributed by atoms with Gasteiger partial charge in [-0.2, -0.15) is 0 Å². The fourth-order valence-electron chi connectivity index (χ4n) is 1.62. The van der Waals surface area contributed by atoms with E-state index in [0.29, 0.717) is 5.22 Å². The van der Waals surface area contributed by atoms with Crippen LogP contribution in [-0.4, -0.2) is 11.0 Å². The van der Waals surface area contributed by atoms with E-state index in [-0.39, 0.29) is 11.3 Å². The zero-order valence-electron chi connectivity index (χ0n) is 9.96. The van der Waals surface area contributed by atoms with Gasteiger partial charge in [-0.05, 0) is 19.4 Å². The molecule has 0 saturated carbocycles. The van der Waals surface area contributed by atoms with Crippen LogP contribution in [0.3, 0.4) is 0 Å². The van der Waals surface area contributed by atoms with Crippen molar-refractivity contribution >= 4 is 11.8 Å². The molecule has 1 aromatic carbocycles. The monoisotopic (exact) mass is 248 g/mol. The molecule has 0 aliphatic heterocycles. The second-order valence-electron chi connectivity index (χ2n) is 4.06. The lowest BCUT2D eigenvalue weighted by Gasteiger charge is -2.18. The fourth-order valence-corrected chi connectivity index (χ4v) is 2.64. The van der Waals surface area contributed by atoms with Gasteiger partial charge in [0.2, 0.25) is 0 Å². The van der Waals surface area contributed by atoms with Crippen LogP contribution < -0.4 is 5.73 Å². The van der Waals surface area contributed by atoms with Crippen molar-refractivity contribution < 1.29 is 4.42 Å². The summed E-state index contributed by atoms with van der Waals surface area (Å²) in [6, 6.07) is 10.2. The molecule has 2 atom stereocenters. The molecule has 17 heavy (non-hydrogen) atoms. The van der Waals surface area contributed by atoms with Crippen LogP contribution in [0.4, 0.5) is 0 Å². The Labute approximate surface area is 105 Å². The Hall–Kier alpha value is -1.26. The quantitative estimate of drug-likeness (QED) is 0.844. The van der Waals surface area contributed by atoms with Crippen LogP contribution in [0.1, 0.15) is 23.4 Å². The highest BCUT2D eigenvalue weighted by Crippen LogP contribution is 2.36. The Morgan fingerprint density at radius 2 is 2.00 bits per heavy atom. The Morgan fingerprint density at radius 3 is 2.53 bits per heavy atom. The molecule has 1 heterocycles. The molecule has 0 saturated heterocycles. The summed E-state index contributed by atoms with van der Waals surface area (Å²) in [6.45, 7) is 3.91. The van der Waals surface area contributed by atoms with Gasteiger partial charge in [0.05, 0.1) is 10.9 Å². The third-order valence-corrected chi connectivity index (χ3v) is 3.78. The summed E-state index contributed by atoms with van der Waals surface area (Å²) < 4.78 is 5.36. The average molecular weight is 248 g/mol. The second kappa shape index (κ2) is 5.38. The molecule has 0 aliphatic carbocycles. The maximum absolute atomic E-state index is 6.03. The third kappa shape index (κ3) is 3.11. The van der Waals surface area contributed by atoms with E-state index in [0.717, 1.165) is 5.69 Å². The first-order valence-corrected chi connectivity index (χ1v) is 6.44. The van der Waals surface area contributed by atoms with Crippen LogP contribution in [0.5, 0.6) is 0 Å². The molecule has 1 aromatic heterocycles. The fraction of sp³-hybridized carbons (Fsp3) is 0.308. The molecule has 0 spiro atoms. The van der Waals surface area contributed by atoms with Crippen LogP contribution >= 0.6 is 11.8 Å². The van der Waals surface area contributed by atoms with Crippen molar-refractivity contribution in [2.75, 3.05) is 0 Å². The Balaban J connectivity index is 2.19. The minimum absolute atomic E-state index is 0.0367. The van der Waals surface area contributed by atoms with Gasteiger partial charge in [0.25, 0.3) is 5.22 Å². The highest BCUT2D eigenvalue weighted by molar-refractivity contribution is 7.99. The summed E-state index contributed by atoms with van der Waals surface area (Å²) in [6.07, 6.45) is 1.66. The smallest absolute Gasteiger partial charge is 0.256 e. The molecule has 90 valence electrons. The van der Waals surface area contributed by atoms with E-state index in [9.17, 15) is 0 Å². The highest BCUT2D eigenvalue weighted by Gasteiger charge is 2.19. The van der Waals surface area contributed by atoms with Crippen LogP contribution in [0.25, 0.3) is 0 Å². The number of thioether (sulfide) groups is 1. The van der Waals surface area contributed by atoms with Crippen molar-refractivity contribution in [2.24, 2.45) is 5.73 Å². The largest absolute Gasteiger partial charge is 0.440 e. The molecule has 3 nitrogen and oxygen atoms in total. The lowest BCUT2D eigenvalue weighted by atomic mass is 10.1. The van der Waals surface area contributed by atoms with E-state index in [2.05, 4.69) is 17.1 Å². The summed E-state index contributed by atoms with van der Waals surface area (Å²) in [5.74, 6) is 0. The van der Waals surface area contributed by atoms with Crippen LogP contribution in [-0.2, 0) is 0 Å². The second-order valence-corrected chi connectivity index (χ2v) is 5.16. The topological polar surface area (TPSA) is 52.0 Å². The molecule has 2 aromatic rings. The number of nitrogens with two attached hydrogens (primary N) is 1. The first-order chi connectivity index (χ1) is 8.16. The molecular formula is C13H16N2OS. The zero-order chi connectivity index (χ0) is 12.3. The third-order valence-electron chi connectivity index (χ3n) is 2.43. The molecule has 2 unspecified atom stereocenters. The normalized spacial score (nSPS) is 14.5. The van der Waals surface area contributed by atoms with Crippen LogP contribution in [0, 0.1) is 6.92 Å². The van der Waals surface area contributed by atoms with Crippen molar-refractivity contribution in [1.82, 2.24) is 4.98 Å². The first-order valence-electron chi connectivity index (χ1n) is 5.56. The van der Waals surface area contributed by atoms with Gasteiger partial charge >= 0.3 is 0 Å². The standard InChI is InChI=1S/C13H16N2OS/c1-9-8-16-13(15-9)17-12(10(2)14)11-6-4-3-5-7-11/h3-8,10,12H,14H2,1-2H3. The highest BCUT2D eigenvalue weighted by atomic mass is 32.2. The zero-order valence-corrected chi connectivity index (χ0v) is 10.8. The molecule has 0 fully saturated rings. The van der Waals surface area contributed by atoms with Crippen molar-refractivity contribution in [1.29, 1.82) is 0 Å². The molecular weight excluding hydrogens is 232 g/mol. The van der Waals surface area contributed by atoms with E-state index < -0.39 is 0 Å². The number of oxazole rings is 1. The van der Waals surface area contributed by atoms with Crippen molar-refractivity contribution in [3.63, 3.8) is 0 Å². The number of nitrogens with zero attached hydrogens (tertiary/aromatic N) is 1. The maximum Gasteiger partial charge on any atom is 0.256 e. The molecule has 2 N–H and O–H groups in total. The van der Waals surface area contributed by atoms with E-state index in [1.165, 1.54) is 5.56 Å². The number of hydrogen-bond acceptors (Lipinski definition) is 4. The lowest BCUT2D eigenvalue weighted by Crippen LogP contribution is -2.22. The Bertz CT molecular complexity index is 467. The van der Waals surface area contributed by atoms with Gasteiger partial charge in [-0.25, -0.2) is 4.98 Å². The number of aromatic nitrogens is 1. The SMILES string of the molecule is Cc1coc(SC(c2ccccc2)C(C)N)n1. The summed E-state index contributed by atoms with van der Waals surface area (Å²) in [7, 11) is 0. The lowest BCUT2D eigenvalue weighted by molar-refractivity contribution is 0.452. The number of benzene rings is 1. The van der Waals surface area contributed by atoms with Crippen molar-refractivity contribution in [2.45, 2.75) is 30.4 Å². The molecule has 2 rings (SSSR count). The summed E-state index contributed by atoms with van der Waals surface area (Å²) in [4.78, 5) is 4.30. The number of aryl methyl sites for hydroxylation is 1. The number of hydrogen-bond donors (Lipinski definition) is 1. The molecule has 0 amide bonds. The van der Waals surface area contributed by atoms with E-state index >= 15 is 0 Å². The van der Waals surface area contributed by atoms with Gasteiger partial charge in [-0.3, -0.25) is 0 Å². The summed E-state index contributed by atoms with van der Waals surface area (Å²) in [5, 5.41) is 0.836. The minimum atomic E-state index is 0.0367. The van der Waals surface area contributed by atoms with E-state index in [4.69, 9.17) is 10.2 Å². The number of rotatable bonds is 4.